The predicted molar refractivity (Wildman–Crippen MR) is 95.4 cm³/mol. The SMILES string of the molecule is Cc1ccc(S(=O)(=O)C#Cc2cc3cc(Br)ccc3oc2=O)cc1. The van der Waals surface area contributed by atoms with E-state index in [2.05, 4.69) is 27.1 Å². The zero-order chi connectivity index (χ0) is 17.3. The van der Waals surface area contributed by atoms with Crippen LogP contribution in [0, 0.1) is 18.1 Å². The van der Waals surface area contributed by atoms with Crippen LogP contribution in [0.25, 0.3) is 11.0 Å². The van der Waals surface area contributed by atoms with Gasteiger partial charge in [0.15, 0.2) is 0 Å². The van der Waals surface area contributed by atoms with Gasteiger partial charge in [-0.25, -0.2) is 13.2 Å². The normalized spacial score (nSPS) is 11.1. The van der Waals surface area contributed by atoms with Crippen LogP contribution in [0.3, 0.4) is 0 Å². The number of rotatable bonds is 1. The molecule has 1 heterocycles. The second-order valence-electron chi connectivity index (χ2n) is 5.17. The summed E-state index contributed by atoms with van der Waals surface area (Å²) < 4.78 is 30.4. The van der Waals surface area contributed by atoms with Gasteiger partial charge in [-0.3, -0.25) is 0 Å². The van der Waals surface area contributed by atoms with Crippen molar-refractivity contribution in [3.8, 4) is 11.2 Å². The van der Waals surface area contributed by atoms with Gasteiger partial charge in [-0.05, 0) is 49.2 Å². The van der Waals surface area contributed by atoms with Gasteiger partial charge < -0.3 is 4.42 Å². The predicted octanol–water partition coefficient (Wildman–Crippen LogP) is 3.65. The van der Waals surface area contributed by atoms with Gasteiger partial charge in [0.1, 0.15) is 11.1 Å². The smallest absolute Gasteiger partial charge is 0.352 e. The topological polar surface area (TPSA) is 64.3 Å². The van der Waals surface area contributed by atoms with Gasteiger partial charge in [-0.15, -0.1) is 0 Å². The Balaban J connectivity index is 2.07. The van der Waals surface area contributed by atoms with Crippen molar-refractivity contribution in [1.82, 2.24) is 0 Å². The molecule has 0 atom stereocenters. The minimum Gasteiger partial charge on any atom is -0.422 e. The highest BCUT2D eigenvalue weighted by Crippen LogP contribution is 2.19. The van der Waals surface area contributed by atoms with Crippen LogP contribution in [-0.2, 0) is 9.84 Å². The van der Waals surface area contributed by atoms with E-state index in [-0.39, 0.29) is 10.5 Å². The molecule has 1 aromatic heterocycles. The second kappa shape index (κ2) is 6.27. The number of hydrogen-bond donors (Lipinski definition) is 0. The maximum atomic E-state index is 12.2. The Morgan fingerprint density at radius 3 is 2.46 bits per heavy atom. The molecule has 0 saturated carbocycles. The Morgan fingerprint density at radius 2 is 1.75 bits per heavy atom. The largest absolute Gasteiger partial charge is 0.422 e. The zero-order valence-corrected chi connectivity index (χ0v) is 14.9. The van der Waals surface area contributed by atoms with Crippen molar-refractivity contribution in [3.63, 3.8) is 0 Å². The van der Waals surface area contributed by atoms with E-state index in [1.54, 1.807) is 30.3 Å². The number of hydrogen-bond acceptors (Lipinski definition) is 4. The first-order chi connectivity index (χ1) is 11.3. The third-order valence-corrected chi connectivity index (χ3v) is 5.10. The van der Waals surface area contributed by atoms with Crippen molar-refractivity contribution < 1.29 is 12.8 Å². The summed E-state index contributed by atoms with van der Waals surface area (Å²) in [6, 6.07) is 13.0. The van der Waals surface area contributed by atoms with Gasteiger partial charge in [0.25, 0.3) is 0 Å². The molecule has 0 fully saturated rings. The summed E-state index contributed by atoms with van der Waals surface area (Å²) in [5.41, 5.74) is 0.686. The molecule has 3 rings (SSSR count). The van der Waals surface area contributed by atoms with Crippen LogP contribution in [0.4, 0.5) is 0 Å². The van der Waals surface area contributed by atoms with Gasteiger partial charge in [0.05, 0.1) is 4.90 Å². The van der Waals surface area contributed by atoms with E-state index in [9.17, 15) is 13.2 Å². The monoisotopic (exact) mass is 402 g/mol. The lowest BCUT2D eigenvalue weighted by Crippen LogP contribution is -2.04. The first-order valence-corrected chi connectivity index (χ1v) is 9.21. The van der Waals surface area contributed by atoms with E-state index in [4.69, 9.17) is 4.42 Å². The molecule has 2 aromatic carbocycles. The fraction of sp³-hybridized carbons (Fsp3) is 0.0556. The van der Waals surface area contributed by atoms with E-state index >= 15 is 0 Å². The molecule has 0 amide bonds. The molecular weight excluding hydrogens is 392 g/mol. The average molecular weight is 403 g/mol. The van der Waals surface area contributed by atoms with E-state index in [0.29, 0.717) is 11.0 Å². The summed E-state index contributed by atoms with van der Waals surface area (Å²) in [5, 5.41) is 2.84. The third-order valence-electron chi connectivity index (χ3n) is 3.35. The number of aryl methyl sites for hydroxylation is 1. The molecule has 0 unspecified atom stereocenters. The Labute approximate surface area is 147 Å². The summed E-state index contributed by atoms with van der Waals surface area (Å²) in [7, 11) is -3.80. The molecule has 0 radical (unpaired) electrons. The van der Waals surface area contributed by atoms with Crippen molar-refractivity contribution in [2.24, 2.45) is 0 Å². The highest BCUT2D eigenvalue weighted by molar-refractivity contribution is 9.10. The van der Waals surface area contributed by atoms with Crippen LogP contribution >= 0.6 is 15.9 Å². The quantitative estimate of drug-likeness (QED) is 0.460. The van der Waals surface area contributed by atoms with Crippen LogP contribution in [0.1, 0.15) is 11.1 Å². The molecule has 0 bridgehead atoms. The Kier molecular flexibility index (Phi) is 4.31. The average Bonchev–Trinajstić information content (AvgIpc) is 2.54. The standard InChI is InChI=1S/C18H11BrO4S/c1-12-2-5-16(6-3-12)24(21,22)9-8-13-10-14-11-15(19)4-7-17(14)23-18(13)20/h2-7,10-11H,1H3. The van der Waals surface area contributed by atoms with Crippen molar-refractivity contribution in [3.05, 3.63) is 74.6 Å². The summed E-state index contributed by atoms with van der Waals surface area (Å²) in [6.45, 7) is 1.86. The molecule has 3 aromatic rings. The van der Waals surface area contributed by atoms with Gasteiger partial charge in [-0.1, -0.05) is 33.6 Å². The first-order valence-electron chi connectivity index (χ1n) is 6.93. The second-order valence-corrected chi connectivity index (χ2v) is 7.77. The number of halogens is 1. The number of fused-ring (bicyclic) bond motifs is 1. The Hall–Kier alpha value is -2.36. The van der Waals surface area contributed by atoms with Crippen LogP contribution in [0.5, 0.6) is 0 Å². The lowest BCUT2D eigenvalue weighted by molar-refractivity contribution is 0.559. The van der Waals surface area contributed by atoms with Crippen LogP contribution < -0.4 is 5.63 Å². The van der Waals surface area contributed by atoms with E-state index in [0.717, 1.165) is 10.0 Å². The molecule has 0 saturated heterocycles. The third kappa shape index (κ3) is 3.42. The molecule has 24 heavy (non-hydrogen) atoms. The minimum atomic E-state index is -3.80. The van der Waals surface area contributed by atoms with Crippen LogP contribution in [0.15, 0.2) is 67.1 Å². The zero-order valence-electron chi connectivity index (χ0n) is 12.5. The lowest BCUT2D eigenvalue weighted by atomic mass is 10.2. The molecule has 4 nitrogen and oxygen atoms in total. The number of benzene rings is 2. The Morgan fingerprint density at radius 1 is 1.04 bits per heavy atom. The van der Waals surface area contributed by atoms with Crippen molar-refractivity contribution in [2.75, 3.05) is 0 Å². The summed E-state index contributed by atoms with van der Waals surface area (Å²) in [6.07, 6.45) is 0. The molecule has 0 aliphatic heterocycles. The van der Waals surface area contributed by atoms with Crippen LogP contribution in [-0.4, -0.2) is 8.42 Å². The fourth-order valence-corrected chi connectivity index (χ4v) is 3.32. The molecule has 0 aliphatic rings. The van der Waals surface area contributed by atoms with Gasteiger partial charge in [0, 0.05) is 15.1 Å². The first kappa shape index (κ1) is 16.5. The van der Waals surface area contributed by atoms with Gasteiger partial charge in [-0.2, -0.15) is 0 Å². The number of sulfone groups is 1. The van der Waals surface area contributed by atoms with E-state index in [1.807, 2.05) is 6.92 Å². The van der Waals surface area contributed by atoms with E-state index < -0.39 is 15.5 Å². The van der Waals surface area contributed by atoms with E-state index in [1.165, 1.54) is 18.2 Å². The molecule has 0 aliphatic carbocycles. The van der Waals surface area contributed by atoms with Crippen molar-refractivity contribution in [2.45, 2.75) is 11.8 Å². The molecule has 0 N–H and O–H groups in total. The fourth-order valence-electron chi connectivity index (χ4n) is 2.08. The van der Waals surface area contributed by atoms with Gasteiger partial charge in [0.2, 0.25) is 9.84 Å². The molecule has 120 valence electrons. The lowest BCUT2D eigenvalue weighted by Gasteiger charge is -1.99. The van der Waals surface area contributed by atoms with Crippen LogP contribution in [0.2, 0.25) is 0 Å². The summed E-state index contributed by atoms with van der Waals surface area (Å²) in [5.74, 6) is 2.42. The Bertz CT molecular complexity index is 1150. The highest BCUT2D eigenvalue weighted by Gasteiger charge is 2.11. The maximum Gasteiger partial charge on any atom is 0.352 e. The highest BCUT2D eigenvalue weighted by atomic mass is 79.9. The summed E-state index contributed by atoms with van der Waals surface area (Å²) in [4.78, 5) is 12.0. The molecular formula is C18H11BrO4S. The molecule has 6 heteroatoms. The molecule has 0 spiro atoms. The minimum absolute atomic E-state index is 0.00344. The van der Waals surface area contributed by atoms with Crippen molar-refractivity contribution in [1.29, 1.82) is 0 Å². The van der Waals surface area contributed by atoms with Gasteiger partial charge >= 0.3 is 5.63 Å². The maximum absolute atomic E-state index is 12.2. The summed E-state index contributed by atoms with van der Waals surface area (Å²) >= 11 is 3.33. The van der Waals surface area contributed by atoms with Crippen molar-refractivity contribution >= 4 is 36.7 Å².